The van der Waals surface area contributed by atoms with Crippen LogP contribution in [0.2, 0.25) is 0 Å². The number of pyridine rings is 2. The SMILES string of the molecule is CC(COc1ccccc1)N=C(NC#N)Nc1ccncc1.CC(COc1ccccc1)N=C=Nc1ccncc1. The lowest BCUT2D eigenvalue weighted by atomic mass is 10.3. The fraction of sp³-hybridized carbons (Fsp3) is 0.194. The van der Waals surface area contributed by atoms with Gasteiger partial charge in [0.25, 0.3) is 0 Å². The standard InChI is InChI=1S/C16H17N5O.C15H15N3O/c1-13(11-22-15-5-3-2-4-6-15)20-16(19-12-17)21-14-7-9-18-10-8-14;1-13(11-19-15-5-3-2-4-6-15)17-12-18-14-7-9-16-10-8-14/h2-10,13H,11H2,1H3,(H2,18,19,20,21);2-10,13H,11H2,1H3. The van der Waals surface area contributed by atoms with Gasteiger partial charge in [-0.05, 0) is 62.4 Å². The number of anilines is 1. The average molecular weight is 549 g/mol. The Bertz CT molecular complexity index is 1410. The van der Waals surface area contributed by atoms with Gasteiger partial charge >= 0.3 is 0 Å². The molecule has 0 bridgehead atoms. The zero-order valence-electron chi connectivity index (χ0n) is 23.0. The summed E-state index contributed by atoms with van der Waals surface area (Å²) < 4.78 is 11.2. The van der Waals surface area contributed by atoms with Gasteiger partial charge in [0, 0.05) is 30.5 Å². The first-order valence-corrected chi connectivity index (χ1v) is 12.9. The molecule has 2 atom stereocenters. The van der Waals surface area contributed by atoms with Crippen molar-refractivity contribution in [1.82, 2.24) is 15.3 Å². The van der Waals surface area contributed by atoms with Crippen LogP contribution in [-0.4, -0.2) is 47.2 Å². The van der Waals surface area contributed by atoms with Crippen molar-refractivity contribution in [1.29, 1.82) is 5.26 Å². The summed E-state index contributed by atoms with van der Waals surface area (Å²) in [6.45, 7) is 4.79. The first-order chi connectivity index (χ1) is 20.1. The average Bonchev–Trinajstić information content (AvgIpc) is 3.01. The summed E-state index contributed by atoms with van der Waals surface area (Å²) in [5.74, 6) is 2.01. The molecule has 0 fully saturated rings. The van der Waals surface area contributed by atoms with Crippen molar-refractivity contribution in [2.24, 2.45) is 15.0 Å². The van der Waals surface area contributed by atoms with Gasteiger partial charge in [-0.15, -0.1) is 0 Å². The van der Waals surface area contributed by atoms with Crippen LogP contribution >= 0.6 is 0 Å². The third-order valence-electron chi connectivity index (χ3n) is 5.06. The molecule has 2 aromatic heterocycles. The highest BCUT2D eigenvalue weighted by Crippen LogP contribution is 2.11. The monoisotopic (exact) mass is 548 g/mol. The van der Waals surface area contributed by atoms with Gasteiger partial charge in [0.1, 0.15) is 24.7 Å². The zero-order chi connectivity index (χ0) is 29.0. The van der Waals surface area contributed by atoms with Crippen molar-refractivity contribution in [3.05, 3.63) is 110 Å². The maximum absolute atomic E-state index is 8.81. The molecule has 0 saturated heterocycles. The van der Waals surface area contributed by atoms with Gasteiger partial charge < -0.3 is 14.8 Å². The number of rotatable bonds is 10. The Morgan fingerprint density at radius 1 is 0.780 bits per heavy atom. The Kier molecular flexibility index (Phi) is 13.1. The van der Waals surface area contributed by atoms with E-state index in [2.05, 4.69) is 41.6 Å². The highest BCUT2D eigenvalue weighted by Gasteiger charge is 2.05. The van der Waals surface area contributed by atoms with Crippen molar-refractivity contribution >= 4 is 23.3 Å². The fourth-order valence-corrected chi connectivity index (χ4v) is 3.09. The van der Waals surface area contributed by atoms with Crippen molar-refractivity contribution in [3.8, 4) is 17.7 Å². The lowest BCUT2D eigenvalue weighted by Gasteiger charge is -2.12. The van der Waals surface area contributed by atoms with E-state index in [-0.39, 0.29) is 12.1 Å². The van der Waals surface area contributed by atoms with Gasteiger partial charge in [0.05, 0.1) is 23.8 Å². The summed E-state index contributed by atoms with van der Waals surface area (Å²) in [4.78, 5) is 20.5. The first kappa shape index (κ1) is 30.0. The molecule has 208 valence electrons. The molecule has 4 aromatic rings. The van der Waals surface area contributed by atoms with E-state index in [9.17, 15) is 0 Å². The van der Waals surface area contributed by atoms with Crippen LogP contribution in [0.1, 0.15) is 13.8 Å². The molecule has 41 heavy (non-hydrogen) atoms. The number of aliphatic imine (C=N–C) groups is 3. The van der Waals surface area contributed by atoms with E-state index < -0.39 is 0 Å². The van der Waals surface area contributed by atoms with Crippen LogP contribution in [0.4, 0.5) is 11.4 Å². The minimum Gasteiger partial charge on any atom is -0.491 e. The molecule has 0 radical (unpaired) electrons. The minimum atomic E-state index is -0.120. The van der Waals surface area contributed by atoms with Crippen LogP contribution in [0.3, 0.4) is 0 Å². The fourth-order valence-electron chi connectivity index (χ4n) is 3.09. The third kappa shape index (κ3) is 12.7. The maximum Gasteiger partial charge on any atom is 0.209 e. The first-order valence-electron chi connectivity index (χ1n) is 12.9. The molecule has 2 aromatic carbocycles. The molecule has 10 nitrogen and oxygen atoms in total. The van der Waals surface area contributed by atoms with E-state index in [1.54, 1.807) is 49.1 Å². The van der Waals surface area contributed by atoms with Crippen LogP contribution in [0.15, 0.2) is 125 Å². The molecule has 0 amide bonds. The van der Waals surface area contributed by atoms with E-state index in [4.69, 9.17) is 14.7 Å². The predicted molar refractivity (Wildman–Crippen MR) is 161 cm³/mol. The minimum absolute atomic E-state index is 0.00536. The Morgan fingerprint density at radius 2 is 1.32 bits per heavy atom. The van der Waals surface area contributed by atoms with E-state index in [0.29, 0.717) is 19.2 Å². The highest BCUT2D eigenvalue weighted by molar-refractivity contribution is 5.94. The smallest absolute Gasteiger partial charge is 0.209 e. The molecule has 0 aliphatic heterocycles. The van der Waals surface area contributed by atoms with Gasteiger partial charge in [-0.2, -0.15) is 10.3 Å². The van der Waals surface area contributed by atoms with Gasteiger partial charge in [0.15, 0.2) is 6.19 Å². The third-order valence-corrected chi connectivity index (χ3v) is 5.06. The van der Waals surface area contributed by atoms with Crippen molar-refractivity contribution in [2.75, 3.05) is 18.5 Å². The van der Waals surface area contributed by atoms with Crippen LogP contribution in [0, 0.1) is 11.5 Å². The Morgan fingerprint density at radius 3 is 1.88 bits per heavy atom. The summed E-state index contributed by atoms with van der Waals surface area (Å²) in [5.41, 5.74) is 1.59. The number of nitriles is 1. The summed E-state index contributed by atoms with van der Waals surface area (Å²) in [5, 5.41) is 14.4. The number of nitrogens with one attached hydrogen (secondary N) is 2. The Balaban J connectivity index is 0.000000228. The molecule has 0 aliphatic carbocycles. The number of hydrogen-bond acceptors (Lipinski definition) is 8. The molecule has 2 N–H and O–H groups in total. The molecule has 4 rings (SSSR count). The molecular weight excluding hydrogens is 516 g/mol. The number of ether oxygens (including phenoxy) is 2. The van der Waals surface area contributed by atoms with E-state index in [1.807, 2.05) is 80.7 Å². The van der Waals surface area contributed by atoms with Crippen molar-refractivity contribution < 1.29 is 9.47 Å². The molecule has 2 heterocycles. The number of para-hydroxylation sites is 2. The van der Waals surface area contributed by atoms with Crippen LogP contribution in [0.5, 0.6) is 11.5 Å². The second-order valence-corrected chi connectivity index (χ2v) is 8.57. The molecule has 0 saturated carbocycles. The topological polar surface area (TPSA) is 129 Å². The van der Waals surface area contributed by atoms with Crippen LogP contribution in [-0.2, 0) is 0 Å². The number of benzene rings is 2. The Labute approximate surface area is 240 Å². The van der Waals surface area contributed by atoms with Gasteiger partial charge in [-0.3, -0.25) is 15.3 Å². The zero-order valence-corrected chi connectivity index (χ0v) is 23.0. The van der Waals surface area contributed by atoms with Crippen molar-refractivity contribution in [3.63, 3.8) is 0 Å². The summed E-state index contributed by atoms with van der Waals surface area (Å²) in [6, 6.07) is 29.0. The maximum atomic E-state index is 8.81. The highest BCUT2D eigenvalue weighted by atomic mass is 16.5. The number of guanidine groups is 1. The lowest BCUT2D eigenvalue weighted by Crippen LogP contribution is -2.29. The normalized spacial score (nSPS) is 11.7. The summed E-state index contributed by atoms with van der Waals surface area (Å²) >= 11 is 0. The second kappa shape index (κ2) is 17.9. The van der Waals surface area contributed by atoms with E-state index in [0.717, 1.165) is 22.9 Å². The van der Waals surface area contributed by atoms with Gasteiger partial charge in [-0.1, -0.05) is 36.4 Å². The van der Waals surface area contributed by atoms with Gasteiger partial charge in [-0.25, -0.2) is 9.98 Å². The molecule has 2 unspecified atom stereocenters. The van der Waals surface area contributed by atoms with E-state index in [1.165, 1.54) is 0 Å². The predicted octanol–water partition coefficient (Wildman–Crippen LogP) is 5.74. The number of nitrogens with zero attached hydrogens (tertiary/aromatic N) is 6. The number of aromatic nitrogens is 2. The van der Waals surface area contributed by atoms with Gasteiger partial charge in [0.2, 0.25) is 5.96 Å². The molecular formula is C31H32N8O2. The molecule has 10 heteroatoms. The quantitative estimate of drug-likeness (QED) is 0.112. The lowest BCUT2D eigenvalue weighted by molar-refractivity contribution is 0.297. The summed E-state index contributed by atoms with van der Waals surface area (Å²) in [7, 11) is 0. The second-order valence-electron chi connectivity index (χ2n) is 8.57. The number of hydrogen-bond donors (Lipinski definition) is 2. The Hall–Kier alpha value is -5.52. The van der Waals surface area contributed by atoms with Crippen molar-refractivity contribution in [2.45, 2.75) is 25.9 Å². The molecule has 0 aliphatic rings. The van der Waals surface area contributed by atoms with E-state index >= 15 is 0 Å². The van der Waals surface area contributed by atoms with Crippen LogP contribution in [0.25, 0.3) is 0 Å². The molecule has 0 spiro atoms. The summed E-state index contributed by atoms with van der Waals surface area (Å²) in [6.07, 6.45) is 8.56. The largest absolute Gasteiger partial charge is 0.491 e. The van der Waals surface area contributed by atoms with Crippen LogP contribution < -0.4 is 20.1 Å².